The molecule has 4 rings (SSSR count). The van der Waals surface area contributed by atoms with Crippen LogP contribution in [0.3, 0.4) is 0 Å². The first kappa shape index (κ1) is 23.0. The fraction of sp³-hybridized carbons (Fsp3) is 0.333. The molecule has 0 aliphatic carbocycles. The van der Waals surface area contributed by atoms with Gasteiger partial charge in [-0.15, -0.1) is 0 Å². The van der Waals surface area contributed by atoms with Gasteiger partial charge in [0.15, 0.2) is 5.78 Å². The van der Waals surface area contributed by atoms with Gasteiger partial charge in [-0.3, -0.25) is 9.78 Å². The predicted molar refractivity (Wildman–Crippen MR) is 128 cm³/mol. The molecule has 0 unspecified atom stereocenters. The largest absolute Gasteiger partial charge is 0.491 e. The summed E-state index contributed by atoms with van der Waals surface area (Å²) in [5.41, 5.74) is 6.12. The number of ketones is 1. The van der Waals surface area contributed by atoms with E-state index in [0.29, 0.717) is 25.4 Å². The van der Waals surface area contributed by atoms with Crippen LogP contribution in [0.15, 0.2) is 54.7 Å². The minimum Gasteiger partial charge on any atom is -0.491 e. The zero-order valence-corrected chi connectivity index (χ0v) is 19.2. The van der Waals surface area contributed by atoms with Gasteiger partial charge in [-0.25, -0.2) is 0 Å². The third kappa shape index (κ3) is 5.97. The van der Waals surface area contributed by atoms with Gasteiger partial charge in [0.1, 0.15) is 24.7 Å². The number of aromatic nitrogens is 1. The summed E-state index contributed by atoms with van der Waals surface area (Å²) >= 11 is 0. The average Bonchev–Trinajstić information content (AvgIpc) is 3.08. The minimum absolute atomic E-state index is 0.0318. The SMILES string of the molecule is COCCOc1ccnc(COc2ccc(C(C)=O)cc2-c2ccc3c(c2)CCNCC3)c1. The second-order valence-corrected chi connectivity index (χ2v) is 8.11. The van der Waals surface area contributed by atoms with Crippen LogP contribution in [0.1, 0.15) is 34.1 Å². The van der Waals surface area contributed by atoms with Crippen molar-refractivity contribution in [1.82, 2.24) is 10.3 Å². The number of Topliss-reactive ketones (excluding diaryl/α,β-unsaturated/α-hetero) is 1. The van der Waals surface area contributed by atoms with Gasteiger partial charge in [-0.2, -0.15) is 0 Å². The number of hydrogen-bond acceptors (Lipinski definition) is 6. The highest BCUT2D eigenvalue weighted by Crippen LogP contribution is 2.33. The monoisotopic (exact) mass is 446 g/mol. The van der Waals surface area contributed by atoms with E-state index < -0.39 is 0 Å². The molecule has 0 atom stereocenters. The number of ether oxygens (including phenoxy) is 3. The summed E-state index contributed by atoms with van der Waals surface area (Å²) in [4.78, 5) is 16.5. The minimum atomic E-state index is 0.0318. The van der Waals surface area contributed by atoms with Gasteiger partial charge in [0.2, 0.25) is 0 Å². The fourth-order valence-electron chi connectivity index (χ4n) is 3.96. The lowest BCUT2D eigenvalue weighted by molar-refractivity contribution is 0.101. The van der Waals surface area contributed by atoms with E-state index in [2.05, 4.69) is 28.5 Å². The summed E-state index contributed by atoms with van der Waals surface area (Å²) < 4.78 is 16.9. The number of carbonyl (C=O) groups excluding carboxylic acids is 1. The highest BCUT2D eigenvalue weighted by Gasteiger charge is 2.14. The van der Waals surface area contributed by atoms with Crippen molar-refractivity contribution < 1.29 is 19.0 Å². The second kappa shape index (κ2) is 11.1. The number of carbonyl (C=O) groups is 1. The van der Waals surface area contributed by atoms with Crippen LogP contribution < -0.4 is 14.8 Å². The molecule has 0 bridgehead atoms. The lowest BCUT2D eigenvalue weighted by Crippen LogP contribution is -2.16. The van der Waals surface area contributed by atoms with Crippen LogP contribution in [0.25, 0.3) is 11.1 Å². The Balaban J connectivity index is 1.58. The molecule has 2 aromatic carbocycles. The Morgan fingerprint density at radius 3 is 2.64 bits per heavy atom. The fourth-order valence-corrected chi connectivity index (χ4v) is 3.96. The number of rotatable bonds is 9. The van der Waals surface area contributed by atoms with E-state index in [1.165, 1.54) is 11.1 Å². The molecule has 3 aromatic rings. The molecule has 1 N–H and O–H groups in total. The van der Waals surface area contributed by atoms with E-state index in [-0.39, 0.29) is 5.78 Å². The average molecular weight is 447 g/mol. The molecule has 0 fully saturated rings. The number of pyridine rings is 1. The van der Waals surface area contributed by atoms with Gasteiger partial charge in [0.25, 0.3) is 0 Å². The number of methoxy groups -OCH3 is 1. The summed E-state index contributed by atoms with van der Waals surface area (Å²) in [7, 11) is 1.64. The Hall–Kier alpha value is -3.22. The highest BCUT2D eigenvalue weighted by molar-refractivity contribution is 5.96. The van der Waals surface area contributed by atoms with Crippen molar-refractivity contribution in [2.75, 3.05) is 33.4 Å². The Kier molecular flexibility index (Phi) is 7.70. The molecule has 0 saturated heterocycles. The van der Waals surface area contributed by atoms with Crippen molar-refractivity contribution in [3.63, 3.8) is 0 Å². The van der Waals surface area contributed by atoms with E-state index >= 15 is 0 Å². The lowest BCUT2D eigenvalue weighted by atomic mass is 9.94. The maximum Gasteiger partial charge on any atom is 0.159 e. The molecule has 6 nitrogen and oxygen atoms in total. The number of hydrogen-bond donors (Lipinski definition) is 1. The molecular formula is C27H30N2O4. The first-order valence-corrected chi connectivity index (χ1v) is 11.3. The van der Waals surface area contributed by atoms with Gasteiger partial charge >= 0.3 is 0 Å². The van der Waals surface area contributed by atoms with Crippen LogP contribution in [-0.4, -0.2) is 44.2 Å². The van der Waals surface area contributed by atoms with Crippen molar-refractivity contribution in [2.45, 2.75) is 26.4 Å². The molecule has 1 aliphatic rings. The lowest BCUT2D eigenvalue weighted by Gasteiger charge is -2.15. The first-order valence-electron chi connectivity index (χ1n) is 11.3. The van der Waals surface area contributed by atoms with Crippen molar-refractivity contribution >= 4 is 5.78 Å². The van der Waals surface area contributed by atoms with Crippen molar-refractivity contribution in [2.24, 2.45) is 0 Å². The van der Waals surface area contributed by atoms with Crippen LogP contribution >= 0.6 is 0 Å². The topological polar surface area (TPSA) is 69.7 Å². The molecule has 6 heteroatoms. The van der Waals surface area contributed by atoms with Gasteiger partial charge in [0.05, 0.1) is 12.3 Å². The van der Waals surface area contributed by atoms with Crippen LogP contribution in [-0.2, 0) is 24.2 Å². The van der Waals surface area contributed by atoms with Gasteiger partial charge in [-0.05, 0) is 73.8 Å². The molecule has 172 valence electrons. The van der Waals surface area contributed by atoms with Crippen molar-refractivity contribution in [3.05, 3.63) is 77.1 Å². The molecule has 0 amide bonds. The van der Waals surface area contributed by atoms with E-state index in [1.807, 2.05) is 30.3 Å². The summed E-state index contributed by atoms with van der Waals surface area (Å²) in [6.45, 7) is 4.86. The molecule has 2 heterocycles. The third-order valence-electron chi connectivity index (χ3n) is 5.77. The Morgan fingerprint density at radius 1 is 0.970 bits per heavy atom. The number of fused-ring (bicyclic) bond motifs is 1. The highest BCUT2D eigenvalue weighted by atomic mass is 16.5. The van der Waals surface area contributed by atoms with Crippen molar-refractivity contribution in [1.29, 1.82) is 0 Å². The molecule has 33 heavy (non-hydrogen) atoms. The maximum atomic E-state index is 12.1. The third-order valence-corrected chi connectivity index (χ3v) is 5.77. The van der Waals surface area contributed by atoms with Crippen molar-refractivity contribution in [3.8, 4) is 22.6 Å². The second-order valence-electron chi connectivity index (χ2n) is 8.11. The van der Waals surface area contributed by atoms with E-state index in [0.717, 1.165) is 54.3 Å². The van der Waals surface area contributed by atoms with E-state index in [1.54, 1.807) is 20.2 Å². The maximum absolute atomic E-state index is 12.1. The summed E-state index contributed by atoms with van der Waals surface area (Å²) in [6.07, 6.45) is 3.73. The van der Waals surface area contributed by atoms with Gasteiger partial charge < -0.3 is 19.5 Å². The van der Waals surface area contributed by atoms with Crippen LogP contribution in [0.5, 0.6) is 11.5 Å². The number of benzene rings is 2. The van der Waals surface area contributed by atoms with E-state index in [4.69, 9.17) is 14.2 Å². The molecular weight excluding hydrogens is 416 g/mol. The predicted octanol–water partition coefficient (Wildman–Crippen LogP) is 4.24. The van der Waals surface area contributed by atoms with Gasteiger partial charge in [0, 0.05) is 30.5 Å². The molecule has 1 aromatic heterocycles. The summed E-state index contributed by atoms with van der Waals surface area (Å²) in [6, 6.07) is 15.8. The smallest absolute Gasteiger partial charge is 0.159 e. The summed E-state index contributed by atoms with van der Waals surface area (Å²) in [5, 5.41) is 3.45. The van der Waals surface area contributed by atoms with Crippen LogP contribution in [0.2, 0.25) is 0 Å². The van der Waals surface area contributed by atoms with Gasteiger partial charge in [-0.1, -0.05) is 18.2 Å². The van der Waals surface area contributed by atoms with Crippen LogP contribution in [0, 0.1) is 0 Å². The van der Waals surface area contributed by atoms with E-state index in [9.17, 15) is 4.79 Å². The Morgan fingerprint density at radius 2 is 1.82 bits per heavy atom. The number of nitrogens with one attached hydrogen (secondary N) is 1. The summed E-state index contributed by atoms with van der Waals surface area (Å²) in [5.74, 6) is 1.48. The number of nitrogens with zero attached hydrogens (tertiary/aromatic N) is 1. The zero-order valence-electron chi connectivity index (χ0n) is 19.2. The normalized spacial score (nSPS) is 13.2. The Bertz CT molecular complexity index is 1110. The Labute approximate surface area is 194 Å². The molecule has 0 spiro atoms. The standard InChI is InChI=1S/C27H30N2O4/c1-19(30)21-5-6-27(33-18-24-17-25(9-12-29-24)32-14-13-31-2)26(16-21)23-4-3-20-7-10-28-11-8-22(20)15-23/h3-6,9,12,15-17,28H,7-8,10-11,13-14,18H2,1-2H3. The quantitative estimate of drug-likeness (QED) is 0.392. The molecule has 1 aliphatic heterocycles. The molecule has 0 saturated carbocycles. The van der Waals surface area contributed by atoms with Crippen LogP contribution in [0.4, 0.5) is 0 Å². The first-order chi connectivity index (χ1) is 16.1. The zero-order chi connectivity index (χ0) is 23.0. The molecule has 0 radical (unpaired) electrons.